The smallest absolute Gasteiger partial charge is 0.226 e. The van der Waals surface area contributed by atoms with Crippen LogP contribution in [-0.2, 0) is 4.79 Å². The van der Waals surface area contributed by atoms with E-state index in [0.717, 1.165) is 44.3 Å². The molecule has 1 amide bonds. The number of carbonyl (C=O) groups is 1. The maximum absolute atomic E-state index is 13.3. The normalized spacial score (nSPS) is 42.6. The molecule has 0 spiro atoms. The molecule has 128 valence electrons. The monoisotopic (exact) mass is 361 g/mol. The van der Waals surface area contributed by atoms with Crippen LogP contribution in [0.15, 0.2) is 29.2 Å². The van der Waals surface area contributed by atoms with E-state index >= 15 is 0 Å². The standard InChI is InChI=1S/C20H24ClNOS/c21-20-10-13-7-14(11-20)9-19(8-13,12-20)18(23)22-16-5-6-24-17-4-2-1-3-15(16)17/h1-4,13-14,16H,5-12H2,(H,22,23). The molecule has 0 radical (unpaired) electrons. The molecule has 1 heterocycles. The van der Waals surface area contributed by atoms with Crippen LogP contribution >= 0.6 is 23.4 Å². The molecule has 1 aliphatic heterocycles. The van der Waals surface area contributed by atoms with E-state index in [1.807, 2.05) is 11.8 Å². The highest BCUT2D eigenvalue weighted by atomic mass is 35.5. The van der Waals surface area contributed by atoms with Gasteiger partial charge in [0.15, 0.2) is 0 Å². The zero-order valence-corrected chi connectivity index (χ0v) is 15.5. The van der Waals surface area contributed by atoms with E-state index in [1.54, 1.807) is 0 Å². The van der Waals surface area contributed by atoms with Crippen molar-refractivity contribution >= 4 is 29.3 Å². The molecule has 5 aliphatic rings. The second kappa shape index (κ2) is 5.41. The zero-order chi connectivity index (χ0) is 16.4. The van der Waals surface area contributed by atoms with Crippen LogP contribution < -0.4 is 5.32 Å². The summed E-state index contributed by atoms with van der Waals surface area (Å²) in [5, 5.41) is 3.44. The number of carbonyl (C=O) groups excluding carboxylic acids is 1. The van der Waals surface area contributed by atoms with Crippen molar-refractivity contribution in [2.75, 3.05) is 5.75 Å². The molecule has 24 heavy (non-hydrogen) atoms. The quantitative estimate of drug-likeness (QED) is 0.757. The third-order valence-corrected chi connectivity index (χ3v) is 8.30. The van der Waals surface area contributed by atoms with Crippen molar-refractivity contribution in [1.29, 1.82) is 0 Å². The van der Waals surface area contributed by atoms with Gasteiger partial charge in [0.1, 0.15) is 0 Å². The minimum Gasteiger partial charge on any atom is -0.349 e. The van der Waals surface area contributed by atoms with Gasteiger partial charge in [0.05, 0.1) is 11.5 Å². The van der Waals surface area contributed by atoms with Gasteiger partial charge < -0.3 is 5.32 Å². The highest BCUT2D eigenvalue weighted by Gasteiger charge is 2.60. The number of benzene rings is 1. The van der Waals surface area contributed by atoms with Crippen LogP contribution in [0.2, 0.25) is 0 Å². The van der Waals surface area contributed by atoms with Crippen molar-refractivity contribution in [3.63, 3.8) is 0 Å². The average Bonchev–Trinajstić information content (AvgIpc) is 2.53. The fourth-order valence-electron chi connectivity index (χ4n) is 6.22. The number of halogens is 1. The fourth-order valence-corrected chi connectivity index (χ4v) is 8.04. The van der Waals surface area contributed by atoms with Crippen LogP contribution in [0.4, 0.5) is 0 Å². The first-order valence-electron chi connectivity index (χ1n) is 9.27. The van der Waals surface area contributed by atoms with E-state index in [2.05, 4.69) is 29.6 Å². The number of alkyl halides is 1. The van der Waals surface area contributed by atoms with Gasteiger partial charge in [0.2, 0.25) is 5.91 Å². The molecule has 4 saturated carbocycles. The van der Waals surface area contributed by atoms with Gasteiger partial charge in [-0.1, -0.05) is 18.2 Å². The Morgan fingerprint density at radius 3 is 2.67 bits per heavy atom. The third-order valence-electron chi connectivity index (χ3n) is 6.74. The molecule has 6 rings (SSSR count). The minimum absolute atomic E-state index is 0.0955. The van der Waals surface area contributed by atoms with Gasteiger partial charge in [-0.2, -0.15) is 0 Å². The summed E-state index contributed by atoms with van der Waals surface area (Å²) in [6.07, 6.45) is 7.60. The summed E-state index contributed by atoms with van der Waals surface area (Å²) in [6, 6.07) is 8.70. The molecule has 0 aromatic heterocycles. The lowest BCUT2D eigenvalue weighted by atomic mass is 9.49. The molecule has 3 unspecified atom stereocenters. The summed E-state index contributed by atoms with van der Waals surface area (Å²) < 4.78 is 0. The molecule has 4 fully saturated rings. The fraction of sp³-hybridized carbons (Fsp3) is 0.650. The Morgan fingerprint density at radius 1 is 1.17 bits per heavy atom. The van der Waals surface area contributed by atoms with Gasteiger partial charge in [-0.3, -0.25) is 4.79 Å². The lowest BCUT2D eigenvalue weighted by Gasteiger charge is -2.59. The minimum atomic E-state index is -0.189. The molecular formula is C20H24ClNOS. The maximum Gasteiger partial charge on any atom is 0.226 e. The molecule has 4 bridgehead atoms. The van der Waals surface area contributed by atoms with Gasteiger partial charge in [-0.25, -0.2) is 0 Å². The summed E-state index contributed by atoms with van der Waals surface area (Å²) in [5.41, 5.74) is 1.11. The van der Waals surface area contributed by atoms with E-state index < -0.39 is 0 Å². The number of nitrogens with one attached hydrogen (secondary N) is 1. The lowest BCUT2D eigenvalue weighted by Crippen LogP contribution is -2.58. The van der Waals surface area contributed by atoms with E-state index in [9.17, 15) is 4.79 Å². The van der Waals surface area contributed by atoms with Gasteiger partial charge in [-0.05, 0) is 68.4 Å². The number of rotatable bonds is 2. The largest absolute Gasteiger partial charge is 0.349 e. The molecule has 3 atom stereocenters. The summed E-state index contributed by atoms with van der Waals surface area (Å²) >= 11 is 8.81. The van der Waals surface area contributed by atoms with E-state index in [0.29, 0.717) is 11.8 Å². The lowest BCUT2D eigenvalue weighted by molar-refractivity contribution is -0.145. The number of hydrogen-bond donors (Lipinski definition) is 1. The van der Waals surface area contributed by atoms with E-state index in [4.69, 9.17) is 11.6 Å². The van der Waals surface area contributed by atoms with E-state index in [-0.39, 0.29) is 22.2 Å². The Bertz CT molecular complexity index is 676. The van der Waals surface area contributed by atoms with Crippen LogP contribution in [0.25, 0.3) is 0 Å². The third kappa shape index (κ3) is 2.42. The molecule has 1 aromatic carbocycles. The van der Waals surface area contributed by atoms with Crippen LogP contribution in [0.5, 0.6) is 0 Å². The summed E-state index contributed by atoms with van der Waals surface area (Å²) in [5.74, 6) is 2.71. The number of amides is 1. The number of thioether (sulfide) groups is 1. The predicted octanol–water partition coefficient (Wildman–Crippen LogP) is 4.92. The van der Waals surface area contributed by atoms with Crippen molar-refractivity contribution in [3.05, 3.63) is 29.8 Å². The van der Waals surface area contributed by atoms with Crippen molar-refractivity contribution in [3.8, 4) is 0 Å². The first kappa shape index (κ1) is 15.6. The number of hydrogen-bond acceptors (Lipinski definition) is 2. The Hall–Kier alpha value is -0.670. The Labute approximate surface area is 153 Å². The highest BCUT2D eigenvalue weighted by molar-refractivity contribution is 7.99. The summed E-state index contributed by atoms with van der Waals surface area (Å²) in [7, 11) is 0. The topological polar surface area (TPSA) is 29.1 Å². The van der Waals surface area contributed by atoms with E-state index in [1.165, 1.54) is 16.9 Å². The van der Waals surface area contributed by atoms with Gasteiger partial charge in [0, 0.05) is 15.5 Å². The SMILES string of the molecule is O=C(NC1CCSc2ccccc21)C12CC3CC(CC(Cl)(C3)C1)C2. The average molecular weight is 362 g/mol. The van der Waals surface area contributed by atoms with Crippen LogP contribution in [0.1, 0.15) is 56.6 Å². The number of fused-ring (bicyclic) bond motifs is 1. The summed E-state index contributed by atoms with van der Waals surface area (Å²) in [4.78, 5) is 14.6. The van der Waals surface area contributed by atoms with Crippen LogP contribution in [0, 0.1) is 17.3 Å². The Morgan fingerprint density at radius 2 is 1.92 bits per heavy atom. The first-order valence-corrected chi connectivity index (χ1v) is 10.6. The van der Waals surface area contributed by atoms with Crippen molar-refractivity contribution < 1.29 is 4.79 Å². The van der Waals surface area contributed by atoms with Gasteiger partial charge in [-0.15, -0.1) is 23.4 Å². The highest BCUT2D eigenvalue weighted by Crippen LogP contribution is 2.64. The van der Waals surface area contributed by atoms with Crippen molar-refractivity contribution in [1.82, 2.24) is 5.32 Å². The zero-order valence-electron chi connectivity index (χ0n) is 13.9. The second-order valence-electron chi connectivity index (χ2n) is 8.59. The van der Waals surface area contributed by atoms with Crippen molar-refractivity contribution in [2.45, 2.75) is 60.8 Å². The first-order chi connectivity index (χ1) is 11.6. The molecule has 4 heteroatoms. The van der Waals surface area contributed by atoms with Crippen LogP contribution in [-0.4, -0.2) is 16.5 Å². The van der Waals surface area contributed by atoms with Gasteiger partial charge in [0.25, 0.3) is 0 Å². The molecular weight excluding hydrogens is 338 g/mol. The van der Waals surface area contributed by atoms with Crippen molar-refractivity contribution in [2.24, 2.45) is 17.3 Å². The Kier molecular flexibility index (Phi) is 3.51. The maximum atomic E-state index is 13.3. The Balaban J connectivity index is 1.40. The summed E-state index contributed by atoms with van der Waals surface area (Å²) in [6.45, 7) is 0. The predicted molar refractivity (Wildman–Crippen MR) is 98.4 cm³/mol. The molecule has 2 nitrogen and oxygen atoms in total. The molecule has 4 aliphatic carbocycles. The second-order valence-corrected chi connectivity index (χ2v) is 10.5. The molecule has 0 saturated heterocycles. The molecule has 1 N–H and O–H groups in total. The molecule has 1 aromatic rings. The van der Waals surface area contributed by atoms with Gasteiger partial charge >= 0.3 is 0 Å². The van der Waals surface area contributed by atoms with Crippen LogP contribution in [0.3, 0.4) is 0 Å².